The Bertz CT molecular complexity index is 145. The molecule has 0 heterocycles. The van der Waals surface area contributed by atoms with E-state index in [2.05, 4.69) is 0 Å². The molecule has 0 aromatic rings. The van der Waals surface area contributed by atoms with Gasteiger partial charge in [-0.2, -0.15) is 0 Å². The fourth-order valence-electron chi connectivity index (χ4n) is 0.716. The fourth-order valence-corrected chi connectivity index (χ4v) is 5.75. The molecule has 0 aliphatic heterocycles. The minimum absolute atomic E-state index is 0.464. The number of rotatable bonds is 4. The maximum absolute atomic E-state index is 10.5. The second-order valence-corrected chi connectivity index (χ2v) is 18.3. The molecule has 66 valence electrons. The van der Waals surface area contributed by atoms with Gasteiger partial charge in [-0.1, -0.05) is 0 Å². The van der Waals surface area contributed by atoms with E-state index in [4.69, 9.17) is 35.1 Å². The predicted molar refractivity (Wildman–Crippen MR) is 49.6 cm³/mol. The van der Waals surface area contributed by atoms with Crippen molar-refractivity contribution in [3.63, 3.8) is 0 Å². The number of aliphatic carboxylic acids is 1. The standard InChI is InChI=1S/C5H9Cl3GeO2/c1-2-3-4(5(10)11)9(6,7)8/h4H,2-3H2,1H3,(H,10,11). The molecule has 11 heavy (non-hydrogen) atoms. The molecular formula is C5H9Cl3GeO2. The van der Waals surface area contributed by atoms with Gasteiger partial charge in [0.1, 0.15) is 0 Å². The Morgan fingerprint density at radius 3 is 2.09 bits per heavy atom. The summed E-state index contributed by atoms with van der Waals surface area (Å²) in [6, 6.07) is 0. The molecule has 0 bridgehead atoms. The molecule has 0 rings (SSSR count). The first-order valence-electron chi connectivity index (χ1n) is 3.19. The molecule has 2 nitrogen and oxygen atoms in total. The van der Waals surface area contributed by atoms with Crippen LogP contribution in [-0.4, -0.2) is 21.6 Å². The van der Waals surface area contributed by atoms with Gasteiger partial charge in [-0.05, 0) is 0 Å². The summed E-state index contributed by atoms with van der Waals surface area (Å²) in [6.45, 7) is 1.87. The van der Waals surface area contributed by atoms with Crippen LogP contribution in [0.5, 0.6) is 0 Å². The molecule has 0 radical (unpaired) electrons. The molecule has 0 amide bonds. The molecule has 0 saturated carbocycles. The summed E-state index contributed by atoms with van der Waals surface area (Å²) in [6.07, 6.45) is 1.20. The zero-order valence-electron chi connectivity index (χ0n) is 5.98. The van der Waals surface area contributed by atoms with E-state index in [9.17, 15) is 4.79 Å². The number of carboxylic acid groups (broad SMARTS) is 1. The molecule has 0 spiro atoms. The summed E-state index contributed by atoms with van der Waals surface area (Å²) in [4.78, 5) is 10.5. The number of halogens is 3. The molecule has 6 heteroatoms. The molecule has 0 aliphatic carbocycles. The molecule has 0 saturated heterocycles. The van der Waals surface area contributed by atoms with Crippen molar-refractivity contribution >= 4 is 46.5 Å². The zero-order chi connectivity index (χ0) is 9.07. The Morgan fingerprint density at radius 1 is 1.55 bits per heavy atom. The van der Waals surface area contributed by atoms with Gasteiger partial charge >= 0.3 is 80.9 Å². The second-order valence-electron chi connectivity index (χ2n) is 2.22. The third-order valence-electron chi connectivity index (χ3n) is 1.27. The van der Waals surface area contributed by atoms with Crippen molar-refractivity contribution in [2.45, 2.75) is 24.5 Å². The van der Waals surface area contributed by atoms with Crippen molar-refractivity contribution in [2.75, 3.05) is 0 Å². The number of hydrogen-bond acceptors (Lipinski definition) is 1. The van der Waals surface area contributed by atoms with Crippen molar-refractivity contribution in [1.29, 1.82) is 0 Å². The van der Waals surface area contributed by atoms with Crippen LogP contribution in [0.2, 0.25) is 4.75 Å². The minimum atomic E-state index is -3.53. The quantitative estimate of drug-likeness (QED) is 0.804. The van der Waals surface area contributed by atoms with Gasteiger partial charge < -0.3 is 0 Å². The fraction of sp³-hybridized carbons (Fsp3) is 0.800. The van der Waals surface area contributed by atoms with Crippen molar-refractivity contribution in [1.82, 2.24) is 0 Å². The topological polar surface area (TPSA) is 37.3 Å². The van der Waals surface area contributed by atoms with Gasteiger partial charge in [0.05, 0.1) is 0 Å². The van der Waals surface area contributed by atoms with Crippen LogP contribution in [0.25, 0.3) is 0 Å². The third-order valence-corrected chi connectivity index (χ3v) is 8.16. The average molecular weight is 280 g/mol. The van der Waals surface area contributed by atoms with Crippen LogP contribution in [-0.2, 0) is 4.79 Å². The van der Waals surface area contributed by atoms with Gasteiger partial charge in [-0.25, -0.2) is 0 Å². The van der Waals surface area contributed by atoms with Crippen LogP contribution < -0.4 is 0 Å². The van der Waals surface area contributed by atoms with E-state index in [-0.39, 0.29) is 0 Å². The summed E-state index contributed by atoms with van der Waals surface area (Å²) in [5, 5.41) is 8.63. The van der Waals surface area contributed by atoms with Crippen LogP contribution >= 0.6 is 30.0 Å². The normalized spacial score (nSPS) is 14.5. The molecule has 1 N–H and O–H groups in total. The van der Waals surface area contributed by atoms with Gasteiger partial charge in [-0.3, -0.25) is 0 Å². The van der Waals surface area contributed by atoms with Crippen LogP contribution in [0.1, 0.15) is 19.8 Å². The van der Waals surface area contributed by atoms with E-state index in [0.29, 0.717) is 6.42 Å². The van der Waals surface area contributed by atoms with E-state index in [1.165, 1.54) is 0 Å². The summed E-state index contributed by atoms with van der Waals surface area (Å²) in [5.41, 5.74) is 0. The Hall–Kier alpha value is 0.883. The van der Waals surface area contributed by atoms with E-state index in [0.717, 1.165) is 6.42 Å². The summed E-state index contributed by atoms with van der Waals surface area (Å²) >= 11 is 0. The molecule has 0 fully saturated rings. The van der Waals surface area contributed by atoms with Crippen LogP contribution in [0, 0.1) is 0 Å². The summed E-state index contributed by atoms with van der Waals surface area (Å²) in [7, 11) is 13.3. The molecule has 0 aromatic carbocycles. The van der Waals surface area contributed by atoms with Crippen LogP contribution in [0.4, 0.5) is 0 Å². The average Bonchev–Trinajstić information content (AvgIpc) is 1.79. The first kappa shape index (κ1) is 11.9. The van der Waals surface area contributed by atoms with Crippen LogP contribution in [0.15, 0.2) is 0 Å². The van der Waals surface area contributed by atoms with E-state index >= 15 is 0 Å². The first-order valence-corrected chi connectivity index (χ1v) is 12.7. The van der Waals surface area contributed by atoms with Crippen molar-refractivity contribution < 1.29 is 9.90 Å². The van der Waals surface area contributed by atoms with Gasteiger partial charge in [-0.15, -0.1) is 0 Å². The van der Waals surface area contributed by atoms with Gasteiger partial charge in [0.2, 0.25) is 0 Å². The molecular weight excluding hydrogens is 271 g/mol. The second kappa shape index (κ2) is 4.80. The Kier molecular flexibility index (Phi) is 5.18. The van der Waals surface area contributed by atoms with Gasteiger partial charge in [0.15, 0.2) is 0 Å². The summed E-state index contributed by atoms with van der Waals surface area (Å²) in [5.74, 6) is -0.980. The zero-order valence-corrected chi connectivity index (χ0v) is 10.3. The molecule has 0 aliphatic rings. The SMILES string of the molecule is CCC[CH](C(=O)O)[Ge]([Cl])([Cl])[Cl]. The number of carbonyl (C=O) groups is 1. The summed E-state index contributed by atoms with van der Waals surface area (Å²) < 4.78 is -0.718. The van der Waals surface area contributed by atoms with Crippen molar-refractivity contribution in [2.24, 2.45) is 0 Å². The third kappa shape index (κ3) is 4.46. The number of carboxylic acids is 1. The first-order chi connectivity index (χ1) is 4.89. The monoisotopic (exact) mass is 280 g/mol. The Balaban J connectivity index is 4.22. The maximum atomic E-state index is 10.5. The van der Waals surface area contributed by atoms with Gasteiger partial charge in [0.25, 0.3) is 0 Å². The van der Waals surface area contributed by atoms with Crippen LogP contribution in [0.3, 0.4) is 0 Å². The predicted octanol–water partition coefficient (Wildman–Crippen LogP) is 2.90. The number of hydrogen-bond donors (Lipinski definition) is 1. The molecule has 1 unspecified atom stereocenters. The Labute approximate surface area is 80.7 Å². The van der Waals surface area contributed by atoms with Crippen molar-refractivity contribution in [3.05, 3.63) is 0 Å². The van der Waals surface area contributed by atoms with Crippen molar-refractivity contribution in [3.8, 4) is 0 Å². The Morgan fingerprint density at radius 2 is 2.00 bits per heavy atom. The van der Waals surface area contributed by atoms with E-state index in [1.54, 1.807) is 0 Å². The molecule has 0 aromatic heterocycles. The van der Waals surface area contributed by atoms with E-state index in [1.807, 2.05) is 6.92 Å². The van der Waals surface area contributed by atoms with Gasteiger partial charge in [0, 0.05) is 0 Å². The molecule has 1 atom stereocenters. The van der Waals surface area contributed by atoms with E-state index < -0.39 is 21.2 Å².